The predicted molar refractivity (Wildman–Crippen MR) is 85.2 cm³/mol. The van der Waals surface area contributed by atoms with Crippen LogP contribution in [-0.2, 0) is 6.42 Å². The van der Waals surface area contributed by atoms with E-state index in [1.165, 1.54) is 28.8 Å². The van der Waals surface area contributed by atoms with E-state index in [4.69, 9.17) is 0 Å². The number of nitrogens with zero attached hydrogens (tertiary/aromatic N) is 2. The number of aryl methyl sites for hydroxylation is 1. The number of aromatic nitrogens is 2. The van der Waals surface area contributed by atoms with Gasteiger partial charge in [-0.15, -0.1) is 0 Å². The van der Waals surface area contributed by atoms with Gasteiger partial charge in [0.25, 0.3) is 5.91 Å². The number of carbonyl (C=O) groups excluding carboxylic acids is 1. The number of pyridine rings is 1. The molecule has 0 unspecified atom stereocenters. The molecule has 6 heteroatoms. The maximum Gasteiger partial charge on any atom is 0.274 e. The van der Waals surface area contributed by atoms with Crippen LogP contribution in [0.3, 0.4) is 0 Å². The molecule has 0 radical (unpaired) electrons. The highest BCUT2D eigenvalue weighted by Gasteiger charge is 2.19. The molecule has 0 aliphatic heterocycles. The quantitative estimate of drug-likeness (QED) is 0.776. The van der Waals surface area contributed by atoms with Crippen LogP contribution in [0.4, 0.5) is 10.1 Å². The van der Waals surface area contributed by atoms with Crippen molar-refractivity contribution in [3.63, 3.8) is 0 Å². The Morgan fingerprint density at radius 3 is 2.91 bits per heavy atom. The number of imidazole rings is 1. The van der Waals surface area contributed by atoms with Gasteiger partial charge in [0.15, 0.2) is 0 Å². The van der Waals surface area contributed by atoms with E-state index in [-0.39, 0.29) is 5.75 Å². The van der Waals surface area contributed by atoms with Crippen molar-refractivity contribution in [2.45, 2.75) is 19.8 Å². The Bertz CT molecular complexity index is 873. The van der Waals surface area contributed by atoms with Crippen LogP contribution in [0.2, 0.25) is 0 Å². The van der Waals surface area contributed by atoms with Gasteiger partial charge < -0.3 is 10.4 Å². The zero-order chi connectivity index (χ0) is 16.4. The number of fused-ring (bicyclic) bond motifs is 1. The molecule has 0 bridgehead atoms. The van der Waals surface area contributed by atoms with Crippen molar-refractivity contribution in [3.05, 3.63) is 59.8 Å². The average molecular weight is 313 g/mol. The fraction of sp³-hybridized carbons (Fsp3) is 0.176. The number of halogens is 1. The molecule has 3 rings (SSSR count). The maximum absolute atomic E-state index is 13.5. The first-order valence-corrected chi connectivity index (χ1v) is 7.35. The van der Waals surface area contributed by atoms with E-state index in [9.17, 15) is 14.3 Å². The monoisotopic (exact) mass is 313 g/mol. The average Bonchev–Trinajstić information content (AvgIpc) is 2.85. The second kappa shape index (κ2) is 6.08. The predicted octanol–water partition coefficient (Wildman–Crippen LogP) is 3.38. The Morgan fingerprint density at radius 1 is 1.35 bits per heavy atom. The fourth-order valence-corrected chi connectivity index (χ4v) is 2.49. The molecule has 0 saturated carbocycles. The number of rotatable bonds is 4. The highest BCUT2D eigenvalue weighted by Crippen LogP contribution is 2.20. The first kappa shape index (κ1) is 15.0. The molecular formula is C17H16FN3O2. The number of phenols is 1. The summed E-state index contributed by atoms with van der Waals surface area (Å²) in [6, 6.07) is 9.12. The lowest BCUT2D eigenvalue weighted by atomic mass is 10.2. The fourth-order valence-electron chi connectivity index (χ4n) is 2.49. The van der Waals surface area contributed by atoms with E-state index in [0.29, 0.717) is 29.1 Å². The van der Waals surface area contributed by atoms with Crippen LogP contribution < -0.4 is 5.32 Å². The summed E-state index contributed by atoms with van der Waals surface area (Å²) in [7, 11) is 0. The Hall–Kier alpha value is -2.89. The zero-order valence-corrected chi connectivity index (χ0v) is 12.6. The van der Waals surface area contributed by atoms with Crippen LogP contribution in [-0.4, -0.2) is 20.4 Å². The molecule has 2 N–H and O–H groups in total. The van der Waals surface area contributed by atoms with Gasteiger partial charge in [0, 0.05) is 18.0 Å². The zero-order valence-electron chi connectivity index (χ0n) is 12.6. The molecule has 0 aliphatic rings. The Labute approximate surface area is 132 Å². The summed E-state index contributed by atoms with van der Waals surface area (Å²) < 4.78 is 15.0. The van der Waals surface area contributed by atoms with Crippen molar-refractivity contribution >= 4 is 17.2 Å². The lowest BCUT2D eigenvalue weighted by Crippen LogP contribution is -2.16. The summed E-state index contributed by atoms with van der Waals surface area (Å²) >= 11 is 0. The van der Waals surface area contributed by atoms with E-state index in [0.717, 1.165) is 6.42 Å². The summed E-state index contributed by atoms with van der Waals surface area (Å²) in [5.41, 5.74) is 1.92. The van der Waals surface area contributed by atoms with Gasteiger partial charge in [-0.3, -0.25) is 9.20 Å². The van der Waals surface area contributed by atoms with Crippen molar-refractivity contribution in [1.82, 2.24) is 9.38 Å². The number of anilines is 1. The summed E-state index contributed by atoms with van der Waals surface area (Å²) in [6.07, 6.45) is 2.68. The minimum absolute atomic E-state index is 0.0563. The van der Waals surface area contributed by atoms with Crippen molar-refractivity contribution < 1.29 is 14.3 Å². The van der Waals surface area contributed by atoms with E-state index in [1.54, 1.807) is 18.2 Å². The van der Waals surface area contributed by atoms with Crippen LogP contribution in [0, 0.1) is 5.82 Å². The largest absolute Gasteiger partial charge is 0.508 e. The standard InChI is InChI=1S/C17H16FN3O2/c1-2-4-14-16(21-10-11(18)7-8-15(21)20-14)17(23)19-12-5-3-6-13(22)9-12/h3,5-10,22H,2,4H2,1H3,(H,19,23). The molecule has 0 aliphatic carbocycles. The molecule has 0 fully saturated rings. The summed E-state index contributed by atoms with van der Waals surface area (Å²) in [5.74, 6) is -0.776. The number of hydrogen-bond donors (Lipinski definition) is 2. The normalized spacial score (nSPS) is 10.9. The molecule has 3 aromatic rings. The summed E-state index contributed by atoms with van der Waals surface area (Å²) in [6.45, 7) is 1.99. The highest BCUT2D eigenvalue weighted by molar-refractivity contribution is 6.04. The second-order valence-corrected chi connectivity index (χ2v) is 5.24. The van der Waals surface area contributed by atoms with Gasteiger partial charge in [0.2, 0.25) is 0 Å². The second-order valence-electron chi connectivity index (χ2n) is 5.24. The van der Waals surface area contributed by atoms with Crippen LogP contribution in [0.25, 0.3) is 5.65 Å². The Morgan fingerprint density at radius 2 is 2.17 bits per heavy atom. The third-order valence-corrected chi connectivity index (χ3v) is 3.46. The SMILES string of the molecule is CCCc1nc2ccc(F)cn2c1C(=O)Nc1cccc(O)c1. The topological polar surface area (TPSA) is 66.6 Å². The van der Waals surface area contributed by atoms with Crippen molar-refractivity contribution in [2.75, 3.05) is 5.32 Å². The van der Waals surface area contributed by atoms with Gasteiger partial charge >= 0.3 is 0 Å². The number of carbonyl (C=O) groups is 1. The van der Waals surface area contributed by atoms with E-state index < -0.39 is 11.7 Å². The maximum atomic E-state index is 13.5. The number of hydrogen-bond acceptors (Lipinski definition) is 3. The molecule has 2 heterocycles. The number of phenolic OH excluding ortho intramolecular Hbond substituents is 1. The molecule has 1 amide bonds. The first-order chi connectivity index (χ1) is 11.1. The van der Waals surface area contributed by atoms with E-state index in [2.05, 4.69) is 10.3 Å². The Balaban J connectivity index is 2.04. The van der Waals surface area contributed by atoms with E-state index in [1.807, 2.05) is 6.92 Å². The molecule has 2 aromatic heterocycles. The van der Waals surface area contributed by atoms with Crippen LogP contribution >= 0.6 is 0 Å². The molecular weight excluding hydrogens is 297 g/mol. The molecule has 0 spiro atoms. The Kier molecular flexibility index (Phi) is 3.97. The van der Waals surface area contributed by atoms with Crippen molar-refractivity contribution in [1.29, 1.82) is 0 Å². The van der Waals surface area contributed by atoms with Gasteiger partial charge in [-0.25, -0.2) is 9.37 Å². The highest BCUT2D eigenvalue weighted by atomic mass is 19.1. The lowest BCUT2D eigenvalue weighted by Gasteiger charge is -2.07. The van der Waals surface area contributed by atoms with Crippen molar-refractivity contribution in [3.8, 4) is 5.75 Å². The van der Waals surface area contributed by atoms with Crippen LogP contribution in [0.1, 0.15) is 29.5 Å². The van der Waals surface area contributed by atoms with Gasteiger partial charge in [-0.05, 0) is 30.7 Å². The lowest BCUT2D eigenvalue weighted by molar-refractivity contribution is 0.102. The molecule has 0 atom stereocenters. The first-order valence-electron chi connectivity index (χ1n) is 7.35. The van der Waals surface area contributed by atoms with Gasteiger partial charge in [-0.2, -0.15) is 0 Å². The minimum Gasteiger partial charge on any atom is -0.508 e. The van der Waals surface area contributed by atoms with Gasteiger partial charge in [0.05, 0.1) is 5.69 Å². The third kappa shape index (κ3) is 3.01. The van der Waals surface area contributed by atoms with Crippen LogP contribution in [0.15, 0.2) is 42.6 Å². The third-order valence-electron chi connectivity index (χ3n) is 3.46. The summed E-state index contributed by atoms with van der Waals surface area (Å²) in [5, 5.41) is 12.2. The van der Waals surface area contributed by atoms with Gasteiger partial charge in [0.1, 0.15) is 22.9 Å². The van der Waals surface area contributed by atoms with E-state index >= 15 is 0 Å². The number of nitrogens with one attached hydrogen (secondary N) is 1. The summed E-state index contributed by atoms with van der Waals surface area (Å²) in [4.78, 5) is 17.0. The number of aromatic hydroxyl groups is 1. The van der Waals surface area contributed by atoms with Gasteiger partial charge in [-0.1, -0.05) is 19.4 Å². The molecule has 1 aromatic carbocycles. The number of benzene rings is 1. The molecule has 5 nitrogen and oxygen atoms in total. The smallest absolute Gasteiger partial charge is 0.274 e. The number of amides is 1. The molecule has 0 saturated heterocycles. The van der Waals surface area contributed by atoms with Crippen LogP contribution in [0.5, 0.6) is 5.75 Å². The molecule has 23 heavy (non-hydrogen) atoms. The van der Waals surface area contributed by atoms with Crippen molar-refractivity contribution in [2.24, 2.45) is 0 Å². The minimum atomic E-state index is -0.440. The molecule has 118 valence electrons.